The Balaban J connectivity index is 1.45. The molecule has 0 atom stereocenters. The van der Waals surface area contributed by atoms with Crippen molar-refractivity contribution in [2.75, 3.05) is 19.0 Å². The zero-order valence-corrected chi connectivity index (χ0v) is 14.5. The monoisotopic (exact) mass is 340 g/mol. The third-order valence-electron chi connectivity index (χ3n) is 4.46. The number of hydrogen-bond donors (Lipinski definition) is 2. The first-order chi connectivity index (χ1) is 12.2. The molecule has 1 aromatic carbocycles. The van der Waals surface area contributed by atoms with Gasteiger partial charge >= 0.3 is 0 Å². The second kappa shape index (κ2) is 8.46. The van der Waals surface area contributed by atoms with Crippen molar-refractivity contribution in [1.29, 1.82) is 0 Å². The standard InChI is InChI=1S/C19H24N4O2/c1-25-16-8-6-14(7-9-16)12-13-20-19(24)17-10-11-18(23-22-17)21-15-4-2-3-5-15/h6-11,15H,2-5,12-13H2,1H3,(H,20,24)(H,21,23). The van der Waals surface area contributed by atoms with Crippen molar-refractivity contribution in [2.45, 2.75) is 38.1 Å². The van der Waals surface area contributed by atoms with Gasteiger partial charge in [-0.25, -0.2) is 0 Å². The van der Waals surface area contributed by atoms with Crippen LogP contribution in [0.1, 0.15) is 41.7 Å². The Morgan fingerprint density at radius 3 is 2.52 bits per heavy atom. The number of amides is 1. The van der Waals surface area contributed by atoms with Crippen LogP contribution in [-0.4, -0.2) is 35.8 Å². The van der Waals surface area contributed by atoms with E-state index in [2.05, 4.69) is 20.8 Å². The largest absolute Gasteiger partial charge is 0.497 e. The van der Waals surface area contributed by atoms with Crippen molar-refractivity contribution in [3.63, 3.8) is 0 Å². The number of ether oxygens (including phenoxy) is 1. The highest BCUT2D eigenvalue weighted by Gasteiger charge is 2.15. The molecule has 1 fully saturated rings. The number of nitrogens with zero attached hydrogens (tertiary/aromatic N) is 2. The molecule has 6 nitrogen and oxygen atoms in total. The van der Waals surface area contributed by atoms with Crippen LogP contribution in [0.2, 0.25) is 0 Å². The van der Waals surface area contributed by atoms with Gasteiger partial charge in [-0.15, -0.1) is 10.2 Å². The predicted molar refractivity (Wildman–Crippen MR) is 96.9 cm³/mol. The molecule has 1 heterocycles. The van der Waals surface area contributed by atoms with E-state index in [-0.39, 0.29) is 5.91 Å². The van der Waals surface area contributed by atoms with Crippen LogP contribution in [0.3, 0.4) is 0 Å². The van der Waals surface area contributed by atoms with Gasteiger partial charge in [0.05, 0.1) is 7.11 Å². The number of benzene rings is 1. The minimum Gasteiger partial charge on any atom is -0.497 e. The van der Waals surface area contributed by atoms with Gasteiger partial charge in [0.2, 0.25) is 0 Å². The van der Waals surface area contributed by atoms with Crippen molar-refractivity contribution in [1.82, 2.24) is 15.5 Å². The summed E-state index contributed by atoms with van der Waals surface area (Å²) in [5.41, 5.74) is 1.48. The molecule has 1 saturated carbocycles. The van der Waals surface area contributed by atoms with Gasteiger partial charge in [0.15, 0.2) is 5.69 Å². The van der Waals surface area contributed by atoms with Crippen molar-refractivity contribution in [2.24, 2.45) is 0 Å². The van der Waals surface area contributed by atoms with Gasteiger partial charge in [0.25, 0.3) is 5.91 Å². The van der Waals surface area contributed by atoms with Crippen LogP contribution in [0.4, 0.5) is 5.82 Å². The molecule has 2 N–H and O–H groups in total. The predicted octanol–water partition coefficient (Wildman–Crippen LogP) is 2.81. The minimum absolute atomic E-state index is 0.201. The SMILES string of the molecule is COc1ccc(CCNC(=O)c2ccc(NC3CCCC3)nn2)cc1. The lowest BCUT2D eigenvalue weighted by atomic mass is 10.1. The summed E-state index contributed by atoms with van der Waals surface area (Å²) < 4.78 is 5.13. The maximum atomic E-state index is 12.1. The van der Waals surface area contributed by atoms with Gasteiger partial charge in [-0.1, -0.05) is 25.0 Å². The molecular weight excluding hydrogens is 316 g/mol. The fraction of sp³-hybridized carbons (Fsp3) is 0.421. The Morgan fingerprint density at radius 1 is 1.12 bits per heavy atom. The number of nitrogens with one attached hydrogen (secondary N) is 2. The first kappa shape index (κ1) is 17.2. The zero-order chi connectivity index (χ0) is 17.5. The van der Waals surface area contributed by atoms with E-state index in [4.69, 9.17) is 4.74 Å². The van der Waals surface area contributed by atoms with Gasteiger partial charge in [-0.05, 0) is 49.1 Å². The molecule has 0 spiro atoms. The number of aromatic nitrogens is 2. The topological polar surface area (TPSA) is 76.1 Å². The van der Waals surface area contributed by atoms with Crippen LogP contribution < -0.4 is 15.4 Å². The summed E-state index contributed by atoms with van der Waals surface area (Å²) in [5, 5.41) is 14.4. The highest BCUT2D eigenvalue weighted by Crippen LogP contribution is 2.21. The fourth-order valence-electron chi connectivity index (χ4n) is 3.01. The van der Waals surface area contributed by atoms with Crippen molar-refractivity contribution in [3.8, 4) is 5.75 Å². The number of methoxy groups -OCH3 is 1. The Morgan fingerprint density at radius 2 is 1.88 bits per heavy atom. The highest BCUT2D eigenvalue weighted by molar-refractivity contribution is 5.92. The molecule has 0 unspecified atom stereocenters. The average molecular weight is 340 g/mol. The van der Waals surface area contributed by atoms with Crippen LogP contribution in [0, 0.1) is 0 Å². The van der Waals surface area contributed by atoms with Crippen LogP contribution in [-0.2, 0) is 6.42 Å². The van der Waals surface area contributed by atoms with Crippen LogP contribution in [0.15, 0.2) is 36.4 Å². The molecule has 1 amide bonds. The number of rotatable bonds is 7. The van der Waals surface area contributed by atoms with Crippen molar-refractivity contribution >= 4 is 11.7 Å². The summed E-state index contributed by atoms with van der Waals surface area (Å²) in [6.07, 6.45) is 5.63. The Kier molecular flexibility index (Phi) is 5.82. The van der Waals surface area contributed by atoms with E-state index >= 15 is 0 Å². The lowest BCUT2D eigenvalue weighted by Gasteiger charge is -2.12. The second-order valence-electron chi connectivity index (χ2n) is 6.28. The third kappa shape index (κ3) is 4.92. The molecule has 0 saturated heterocycles. The van der Waals surface area contributed by atoms with Gasteiger partial charge in [0, 0.05) is 12.6 Å². The third-order valence-corrected chi connectivity index (χ3v) is 4.46. The molecule has 0 bridgehead atoms. The smallest absolute Gasteiger partial charge is 0.271 e. The summed E-state index contributed by atoms with van der Waals surface area (Å²) in [4.78, 5) is 12.1. The van der Waals surface area contributed by atoms with Gasteiger partial charge in [0.1, 0.15) is 11.6 Å². The number of anilines is 1. The normalized spacial score (nSPS) is 14.3. The molecule has 0 radical (unpaired) electrons. The molecule has 6 heteroatoms. The molecule has 25 heavy (non-hydrogen) atoms. The van der Waals surface area contributed by atoms with Gasteiger partial charge in [-0.2, -0.15) is 0 Å². The highest BCUT2D eigenvalue weighted by atomic mass is 16.5. The van der Waals surface area contributed by atoms with E-state index in [1.54, 1.807) is 13.2 Å². The van der Waals surface area contributed by atoms with E-state index in [0.717, 1.165) is 23.6 Å². The molecule has 1 aliphatic rings. The van der Waals surface area contributed by atoms with Crippen LogP contribution in [0.5, 0.6) is 5.75 Å². The van der Waals surface area contributed by atoms with E-state index in [9.17, 15) is 4.79 Å². The van der Waals surface area contributed by atoms with Crippen molar-refractivity contribution in [3.05, 3.63) is 47.7 Å². The quantitative estimate of drug-likeness (QED) is 0.810. The summed E-state index contributed by atoms with van der Waals surface area (Å²) in [5.74, 6) is 1.37. The van der Waals surface area contributed by atoms with Crippen molar-refractivity contribution < 1.29 is 9.53 Å². The first-order valence-corrected chi connectivity index (χ1v) is 8.76. The minimum atomic E-state index is -0.201. The van der Waals surface area contributed by atoms with Crippen LogP contribution >= 0.6 is 0 Å². The Labute approximate surface area is 148 Å². The lowest BCUT2D eigenvalue weighted by Crippen LogP contribution is -2.27. The summed E-state index contributed by atoms with van der Waals surface area (Å²) in [6.45, 7) is 0.551. The average Bonchev–Trinajstić information content (AvgIpc) is 3.16. The molecule has 0 aliphatic heterocycles. The maximum Gasteiger partial charge on any atom is 0.271 e. The first-order valence-electron chi connectivity index (χ1n) is 8.76. The summed E-state index contributed by atoms with van der Waals surface area (Å²) in [7, 11) is 1.64. The lowest BCUT2D eigenvalue weighted by molar-refractivity contribution is 0.0948. The maximum absolute atomic E-state index is 12.1. The molecule has 1 aromatic heterocycles. The Hall–Kier alpha value is -2.63. The van der Waals surface area contributed by atoms with Gasteiger partial charge < -0.3 is 15.4 Å². The van der Waals surface area contributed by atoms with E-state index in [1.165, 1.54) is 25.7 Å². The zero-order valence-electron chi connectivity index (χ0n) is 14.5. The molecule has 1 aliphatic carbocycles. The second-order valence-corrected chi connectivity index (χ2v) is 6.28. The molecular formula is C19H24N4O2. The fourth-order valence-corrected chi connectivity index (χ4v) is 3.01. The van der Waals surface area contributed by atoms with Crippen LogP contribution in [0.25, 0.3) is 0 Å². The van der Waals surface area contributed by atoms with E-state index in [0.29, 0.717) is 18.3 Å². The summed E-state index contributed by atoms with van der Waals surface area (Å²) >= 11 is 0. The Bertz CT molecular complexity index is 680. The van der Waals surface area contributed by atoms with E-state index in [1.807, 2.05) is 30.3 Å². The molecule has 132 valence electrons. The number of carbonyl (C=O) groups excluding carboxylic acids is 1. The van der Waals surface area contributed by atoms with E-state index < -0.39 is 0 Å². The number of carbonyl (C=O) groups is 1. The summed E-state index contributed by atoms with van der Waals surface area (Å²) in [6, 6.07) is 11.8. The van der Waals surface area contributed by atoms with Gasteiger partial charge in [-0.3, -0.25) is 4.79 Å². The molecule has 2 aromatic rings. The number of hydrogen-bond acceptors (Lipinski definition) is 5. The molecule has 3 rings (SSSR count).